The van der Waals surface area contributed by atoms with Crippen LogP contribution in [0.1, 0.15) is 0 Å². The summed E-state index contributed by atoms with van der Waals surface area (Å²) in [7, 11) is 1.54. The van der Waals surface area contributed by atoms with Gasteiger partial charge in [0.05, 0.1) is 11.6 Å². The van der Waals surface area contributed by atoms with Gasteiger partial charge in [0.2, 0.25) is 5.88 Å². The summed E-state index contributed by atoms with van der Waals surface area (Å²) >= 11 is 4.62. The molecule has 17 heavy (non-hydrogen) atoms. The molecule has 0 atom stereocenters. The normalized spacial score (nSPS) is 10.3. The van der Waals surface area contributed by atoms with Gasteiger partial charge in [0.1, 0.15) is 5.82 Å². The Hall–Kier alpha value is -1.14. The number of hydrogen-bond acceptors (Lipinski definition) is 4. The van der Waals surface area contributed by atoms with Crippen molar-refractivity contribution in [2.75, 3.05) is 7.11 Å². The maximum Gasteiger partial charge on any atom is 0.231 e. The highest BCUT2D eigenvalue weighted by Gasteiger charge is 2.06. The Morgan fingerprint density at radius 2 is 2.00 bits per heavy atom. The lowest BCUT2D eigenvalue weighted by Crippen LogP contribution is -1.93. The lowest BCUT2D eigenvalue weighted by atomic mass is 10.4. The van der Waals surface area contributed by atoms with Crippen molar-refractivity contribution in [2.45, 2.75) is 10.1 Å². The van der Waals surface area contributed by atoms with Crippen LogP contribution in [-0.4, -0.2) is 17.1 Å². The van der Waals surface area contributed by atoms with Gasteiger partial charge >= 0.3 is 0 Å². The van der Waals surface area contributed by atoms with Crippen molar-refractivity contribution in [3.8, 4) is 5.88 Å². The third-order valence-corrected chi connectivity index (χ3v) is 3.34. The van der Waals surface area contributed by atoms with Crippen molar-refractivity contribution in [2.24, 2.45) is 0 Å². The Kier molecular flexibility index (Phi) is 3.96. The van der Waals surface area contributed by atoms with Crippen LogP contribution in [0.4, 0.5) is 4.39 Å². The maximum atomic E-state index is 12.7. The molecule has 0 bridgehead atoms. The molecule has 0 unspecified atom stereocenters. The van der Waals surface area contributed by atoms with E-state index in [-0.39, 0.29) is 5.82 Å². The van der Waals surface area contributed by atoms with Crippen LogP contribution in [0.5, 0.6) is 5.88 Å². The van der Waals surface area contributed by atoms with Gasteiger partial charge in [-0.05, 0) is 52.0 Å². The van der Waals surface area contributed by atoms with Crippen molar-refractivity contribution >= 4 is 27.7 Å². The van der Waals surface area contributed by atoms with Gasteiger partial charge in [0.25, 0.3) is 0 Å². The molecule has 1 aromatic carbocycles. The van der Waals surface area contributed by atoms with Crippen LogP contribution in [0.15, 0.2) is 45.0 Å². The van der Waals surface area contributed by atoms with E-state index in [9.17, 15) is 4.39 Å². The molecule has 1 heterocycles. The van der Waals surface area contributed by atoms with Crippen molar-refractivity contribution in [3.05, 3.63) is 40.8 Å². The lowest BCUT2D eigenvalue weighted by Gasteiger charge is -2.04. The number of hydrogen-bond donors (Lipinski definition) is 0. The van der Waals surface area contributed by atoms with E-state index in [0.29, 0.717) is 15.5 Å². The molecule has 0 saturated carbocycles. The molecule has 2 rings (SSSR count). The molecule has 0 aliphatic rings. The first-order valence-corrected chi connectivity index (χ1v) is 6.30. The van der Waals surface area contributed by atoms with Gasteiger partial charge in [-0.25, -0.2) is 9.37 Å². The van der Waals surface area contributed by atoms with Crippen LogP contribution in [0, 0.1) is 5.82 Å². The molecular formula is C11H8BrFN2OS. The standard InChI is InChI=1S/C11H8BrFN2OS/c1-16-10-9(12)6-14-11(15-10)17-8-4-2-7(13)3-5-8/h2-6H,1H3. The molecule has 3 nitrogen and oxygen atoms in total. The van der Waals surface area contributed by atoms with Gasteiger partial charge in [-0.15, -0.1) is 0 Å². The summed E-state index contributed by atoms with van der Waals surface area (Å²) < 4.78 is 18.5. The Labute approximate surface area is 111 Å². The molecule has 0 fully saturated rings. The van der Waals surface area contributed by atoms with Gasteiger partial charge in [-0.1, -0.05) is 0 Å². The third kappa shape index (κ3) is 3.17. The maximum absolute atomic E-state index is 12.7. The van der Waals surface area contributed by atoms with Gasteiger partial charge in [-0.3, -0.25) is 0 Å². The average Bonchev–Trinajstić information content (AvgIpc) is 2.34. The highest BCUT2D eigenvalue weighted by atomic mass is 79.9. The van der Waals surface area contributed by atoms with Crippen LogP contribution in [0.25, 0.3) is 0 Å². The Balaban J connectivity index is 2.21. The van der Waals surface area contributed by atoms with Crippen molar-refractivity contribution in [3.63, 3.8) is 0 Å². The van der Waals surface area contributed by atoms with E-state index >= 15 is 0 Å². The molecule has 6 heteroatoms. The zero-order chi connectivity index (χ0) is 12.3. The van der Waals surface area contributed by atoms with Crippen LogP contribution in [-0.2, 0) is 0 Å². The van der Waals surface area contributed by atoms with E-state index in [0.717, 1.165) is 4.90 Å². The quantitative estimate of drug-likeness (QED) is 0.812. The molecule has 0 aliphatic heterocycles. The summed E-state index contributed by atoms with van der Waals surface area (Å²) in [6.45, 7) is 0. The minimum atomic E-state index is -0.261. The lowest BCUT2D eigenvalue weighted by molar-refractivity contribution is 0.389. The summed E-state index contributed by atoms with van der Waals surface area (Å²) in [5.74, 6) is 0.216. The minimum Gasteiger partial charge on any atom is -0.480 e. The predicted octanol–water partition coefficient (Wildman–Crippen LogP) is 3.54. The topological polar surface area (TPSA) is 35.0 Å². The van der Waals surface area contributed by atoms with Crippen molar-refractivity contribution in [1.82, 2.24) is 9.97 Å². The molecule has 1 aromatic heterocycles. The summed E-state index contributed by atoms with van der Waals surface area (Å²) in [5.41, 5.74) is 0. The van der Waals surface area contributed by atoms with E-state index in [1.165, 1.54) is 23.9 Å². The van der Waals surface area contributed by atoms with Crippen LogP contribution in [0.3, 0.4) is 0 Å². The average molecular weight is 315 g/mol. The summed E-state index contributed by atoms with van der Waals surface area (Å²) in [6, 6.07) is 6.16. The third-order valence-electron chi connectivity index (χ3n) is 1.91. The largest absolute Gasteiger partial charge is 0.480 e. The Morgan fingerprint density at radius 3 is 2.65 bits per heavy atom. The molecule has 88 valence electrons. The van der Waals surface area contributed by atoms with Gasteiger partial charge in [-0.2, -0.15) is 4.98 Å². The fourth-order valence-corrected chi connectivity index (χ4v) is 2.21. The number of aromatic nitrogens is 2. The first kappa shape index (κ1) is 12.3. The zero-order valence-electron chi connectivity index (χ0n) is 8.85. The summed E-state index contributed by atoms with van der Waals surface area (Å²) in [5, 5.41) is 0.552. The molecule has 0 aliphatic carbocycles. The molecule has 0 spiro atoms. The second kappa shape index (κ2) is 5.46. The van der Waals surface area contributed by atoms with Gasteiger partial charge in [0, 0.05) is 11.1 Å². The summed E-state index contributed by atoms with van der Waals surface area (Å²) in [6.07, 6.45) is 1.62. The molecular weight excluding hydrogens is 307 g/mol. The molecule has 0 radical (unpaired) electrons. The second-order valence-electron chi connectivity index (χ2n) is 3.07. The Bertz CT molecular complexity index is 521. The number of halogens is 2. The van der Waals surface area contributed by atoms with E-state index in [2.05, 4.69) is 25.9 Å². The number of benzene rings is 1. The van der Waals surface area contributed by atoms with Crippen LogP contribution >= 0.6 is 27.7 Å². The minimum absolute atomic E-state index is 0.261. The highest BCUT2D eigenvalue weighted by Crippen LogP contribution is 2.28. The molecule has 2 aromatic rings. The second-order valence-corrected chi connectivity index (χ2v) is 4.96. The SMILES string of the molecule is COc1nc(Sc2ccc(F)cc2)ncc1Br. The predicted molar refractivity (Wildman–Crippen MR) is 66.8 cm³/mol. The summed E-state index contributed by atoms with van der Waals surface area (Å²) in [4.78, 5) is 9.20. The van der Waals surface area contributed by atoms with Gasteiger partial charge in [0.15, 0.2) is 5.16 Å². The zero-order valence-corrected chi connectivity index (χ0v) is 11.3. The number of nitrogens with zero attached hydrogens (tertiary/aromatic N) is 2. The Morgan fingerprint density at radius 1 is 1.29 bits per heavy atom. The fourth-order valence-electron chi connectivity index (χ4n) is 1.14. The smallest absolute Gasteiger partial charge is 0.231 e. The first-order chi connectivity index (χ1) is 8.19. The van der Waals surface area contributed by atoms with Crippen molar-refractivity contribution < 1.29 is 9.13 Å². The fraction of sp³-hybridized carbons (Fsp3) is 0.0909. The number of rotatable bonds is 3. The van der Waals surface area contributed by atoms with E-state index in [4.69, 9.17) is 4.74 Å². The van der Waals surface area contributed by atoms with E-state index in [1.807, 2.05) is 0 Å². The van der Waals surface area contributed by atoms with Crippen LogP contribution in [0.2, 0.25) is 0 Å². The van der Waals surface area contributed by atoms with Crippen LogP contribution < -0.4 is 4.74 Å². The molecule has 0 amide bonds. The number of methoxy groups -OCH3 is 1. The van der Waals surface area contributed by atoms with E-state index < -0.39 is 0 Å². The monoisotopic (exact) mass is 314 g/mol. The number of ether oxygens (including phenoxy) is 1. The van der Waals surface area contributed by atoms with Gasteiger partial charge < -0.3 is 4.74 Å². The van der Waals surface area contributed by atoms with Crippen molar-refractivity contribution in [1.29, 1.82) is 0 Å². The highest BCUT2D eigenvalue weighted by molar-refractivity contribution is 9.10. The first-order valence-electron chi connectivity index (χ1n) is 4.69. The molecule has 0 N–H and O–H groups in total. The van der Waals surface area contributed by atoms with E-state index in [1.54, 1.807) is 25.4 Å². The molecule has 0 saturated heterocycles.